The molecule has 0 amide bonds. The lowest BCUT2D eigenvalue weighted by molar-refractivity contribution is 0.163. The molecule has 0 atom stereocenters. The Balaban J connectivity index is 2.77. The van der Waals surface area contributed by atoms with E-state index in [4.69, 9.17) is 4.74 Å². The molecule has 2 nitrogen and oxygen atoms in total. The van der Waals surface area contributed by atoms with Gasteiger partial charge >= 0.3 is 0 Å². The van der Waals surface area contributed by atoms with E-state index in [9.17, 15) is 8.78 Å². The van der Waals surface area contributed by atoms with E-state index in [1.54, 1.807) is 18.2 Å². The maximum Gasteiger partial charge on any atom is 0.255 e. The molecule has 0 aliphatic heterocycles. The van der Waals surface area contributed by atoms with Gasteiger partial charge in [-0.2, -0.15) is 0 Å². The van der Waals surface area contributed by atoms with E-state index in [1.807, 2.05) is 0 Å². The molecule has 0 radical (unpaired) electrons. The van der Waals surface area contributed by atoms with Crippen molar-refractivity contribution in [3.8, 4) is 5.75 Å². The second kappa shape index (κ2) is 5.14. The molecule has 0 heterocycles. The summed E-state index contributed by atoms with van der Waals surface area (Å²) in [5, 5.41) is 2.60. The van der Waals surface area contributed by atoms with Crippen molar-refractivity contribution < 1.29 is 13.5 Å². The molecule has 78 valence electrons. The first-order valence-corrected chi connectivity index (χ1v) is 4.78. The van der Waals surface area contributed by atoms with E-state index in [0.717, 1.165) is 4.47 Å². The van der Waals surface area contributed by atoms with E-state index in [0.29, 0.717) is 11.4 Å². The minimum Gasteiger partial charge on any atom is -0.495 e. The molecule has 0 saturated carbocycles. The molecule has 0 aliphatic rings. The summed E-state index contributed by atoms with van der Waals surface area (Å²) in [7, 11) is 1.50. The summed E-state index contributed by atoms with van der Waals surface area (Å²) in [6.07, 6.45) is -2.38. The molecule has 0 spiro atoms. The van der Waals surface area contributed by atoms with E-state index >= 15 is 0 Å². The van der Waals surface area contributed by atoms with Gasteiger partial charge in [-0.15, -0.1) is 0 Å². The zero-order valence-corrected chi connectivity index (χ0v) is 9.14. The van der Waals surface area contributed by atoms with Crippen molar-refractivity contribution in [3.63, 3.8) is 0 Å². The number of alkyl halides is 2. The second-order valence-electron chi connectivity index (χ2n) is 2.62. The van der Waals surface area contributed by atoms with Gasteiger partial charge in [-0.3, -0.25) is 0 Å². The van der Waals surface area contributed by atoms with Gasteiger partial charge in [-0.05, 0) is 18.2 Å². The number of benzene rings is 1. The molecule has 14 heavy (non-hydrogen) atoms. The van der Waals surface area contributed by atoms with E-state index in [1.165, 1.54) is 7.11 Å². The first-order chi connectivity index (χ1) is 6.63. The third-order valence-corrected chi connectivity index (χ3v) is 2.10. The molecule has 0 fully saturated rings. The van der Waals surface area contributed by atoms with Crippen LogP contribution in [-0.4, -0.2) is 20.1 Å². The topological polar surface area (TPSA) is 21.3 Å². The summed E-state index contributed by atoms with van der Waals surface area (Å²) in [4.78, 5) is 0. The van der Waals surface area contributed by atoms with Crippen LogP contribution in [0.2, 0.25) is 0 Å². The molecule has 1 rings (SSSR count). The SMILES string of the molecule is COc1ccc(Br)cc1NCC(F)F. The molecule has 0 saturated heterocycles. The first kappa shape index (κ1) is 11.2. The number of rotatable bonds is 4. The summed E-state index contributed by atoms with van der Waals surface area (Å²) in [5.41, 5.74) is 0.558. The number of nitrogens with one attached hydrogen (secondary N) is 1. The number of hydrogen-bond acceptors (Lipinski definition) is 2. The third kappa shape index (κ3) is 3.14. The van der Waals surface area contributed by atoms with Crippen LogP contribution in [0, 0.1) is 0 Å². The summed E-state index contributed by atoms with van der Waals surface area (Å²) >= 11 is 3.25. The van der Waals surface area contributed by atoms with Crippen molar-refractivity contribution in [2.75, 3.05) is 19.0 Å². The maximum atomic E-state index is 11.9. The van der Waals surface area contributed by atoms with Gasteiger partial charge in [0.05, 0.1) is 19.3 Å². The highest BCUT2D eigenvalue weighted by atomic mass is 79.9. The molecule has 0 bridgehead atoms. The molecule has 5 heteroatoms. The van der Waals surface area contributed by atoms with Gasteiger partial charge in [0.2, 0.25) is 0 Å². The zero-order chi connectivity index (χ0) is 10.6. The number of hydrogen-bond donors (Lipinski definition) is 1. The van der Waals surface area contributed by atoms with Gasteiger partial charge < -0.3 is 10.1 Å². The number of anilines is 1. The minimum atomic E-state index is -2.38. The Morgan fingerprint density at radius 3 is 2.79 bits per heavy atom. The largest absolute Gasteiger partial charge is 0.495 e. The van der Waals surface area contributed by atoms with Crippen LogP contribution in [0.15, 0.2) is 22.7 Å². The molecule has 1 aromatic carbocycles. The lowest BCUT2D eigenvalue weighted by Gasteiger charge is -2.10. The Labute approximate surface area is 89.4 Å². The standard InChI is InChI=1S/C9H10BrF2NO/c1-14-8-3-2-6(10)4-7(8)13-5-9(11)12/h2-4,9,13H,5H2,1H3. The van der Waals surface area contributed by atoms with Crippen LogP contribution in [0.25, 0.3) is 0 Å². The lowest BCUT2D eigenvalue weighted by Crippen LogP contribution is -2.10. The van der Waals surface area contributed by atoms with Gasteiger partial charge in [0.25, 0.3) is 6.43 Å². The van der Waals surface area contributed by atoms with Gasteiger partial charge in [0.15, 0.2) is 0 Å². The highest BCUT2D eigenvalue weighted by Crippen LogP contribution is 2.27. The monoisotopic (exact) mass is 265 g/mol. The third-order valence-electron chi connectivity index (χ3n) is 1.61. The molecule has 1 aromatic rings. The number of ether oxygens (including phenoxy) is 1. The van der Waals surface area contributed by atoms with Crippen LogP contribution < -0.4 is 10.1 Å². The Kier molecular flexibility index (Phi) is 4.13. The van der Waals surface area contributed by atoms with Crippen LogP contribution >= 0.6 is 15.9 Å². The molecule has 0 unspecified atom stereocenters. The lowest BCUT2D eigenvalue weighted by atomic mass is 10.3. The predicted molar refractivity (Wildman–Crippen MR) is 55.2 cm³/mol. The summed E-state index contributed by atoms with van der Waals surface area (Å²) in [6.45, 7) is -0.382. The number of halogens is 3. The van der Waals surface area contributed by atoms with Crippen LogP contribution in [0.4, 0.5) is 14.5 Å². The predicted octanol–water partition coefficient (Wildman–Crippen LogP) is 3.13. The summed E-state index contributed by atoms with van der Waals surface area (Å²) in [6, 6.07) is 5.19. The van der Waals surface area contributed by atoms with Gasteiger partial charge in [-0.25, -0.2) is 8.78 Å². The fourth-order valence-corrected chi connectivity index (χ4v) is 1.37. The Bertz CT molecular complexity index is 307. The van der Waals surface area contributed by atoms with Gasteiger partial charge in [0, 0.05) is 4.47 Å². The van der Waals surface area contributed by atoms with Gasteiger partial charge in [-0.1, -0.05) is 15.9 Å². The van der Waals surface area contributed by atoms with E-state index < -0.39 is 6.43 Å². The Morgan fingerprint density at radius 2 is 2.21 bits per heavy atom. The average Bonchev–Trinajstić information content (AvgIpc) is 2.15. The van der Waals surface area contributed by atoms with Crippen molar-refractivity contribution in [2.45, 2.75) is 6.43 Å². The van der Waals surface area contributed by atoms with Crippen LogP contribution in [0.3, 0.4) is 0 Å². The summed E-state index contributed by atoms with van der Waals surface area (Å²) in [5.74, 6) is 0.550. The summed E-state index contributed by atoms with van der Waals surface area (Å²) < 4.78 is 29.7. The molecule has 0 aliphatic carbocycles. The molecule has 0 aromatic heterocycles. The molecular formula is C9H10BrF2NO. The molecule has 1 N–H and O–H groups in total. The quantitative estimate of drug-likeness (QED) is 0.903. The van der Waals surface area contributed by atoms with Crippen molar-refractivity contribution in [1.29, 1.82) is 0 Å². The van der Waals surface area contributed by atoms with Crippen LogP contribution in [0.5, 0.6) is 5.75 Å². The highest BCUT2D eigenvalue weighted by molar-refractivity contribution is 9.10. The van der Waals surface area contributed by atoms with Crippen molar-refractivity contribution in [1.82, 2.24) is 0 Å². The number of methoxy groups -OCH3 is 1. The van der Waals surface area contributed by atoms with Crippen molar-refractivity contribution >= 4 is 21.6 Å². The second-order valence-corrected chi connectivity index (χ2v) is 3.53. The average molecular weight is 266 g/mol. The Hall–Kier alpha value is -0.840. The Morgan fingerprint density at radius 1 is 1.50 bits per heavy atom. The smallest absolute Gasteiger partial charge is 0.255 e. The van der Waals surface area contributed by atoms with Gasteiger partial charge in [0.1, 0.15) is 5.75 Å². The fourth-order valence-electron chi connectivity index (χ4n) is 1.01. The maximum absolute atomic E-state index is 11.9. The van der Waals surface area contributed by atoms with Crippen molar-refractivity contribution in [2.24, 2.45) is 0 Å². The fraction of sp³-hybridized carbons (Fsp3) is 0.333. The van der Waals surface area contributed by atoms with E-state index in [2.05, 4.69) is 21.2 Å². The van der Waals surface area contributed by atoms with Crippen LogP contribution in [0.1, 0.15) is 0 Å². The van der Waals surface area contributed by atoms with E-state index in [-0.39, 0.29) is 6.54 Å². The molecular weight excluding hydrogens is 256 g/mol. The van der Waals surface area contributed by atoms with Crippen LogP contribution in [-0.2, 0) is 0 Å². The van der Waals surface area contributed by atoms with Crippen molar-refractivity contribution in [3.05, 3.63) is 22.7 Å². The minimum absolute atomic E-state index is 0.382. The zero-order valence-electron chi connectivity index (χ0n) is 7.56. The highest BCUT2D eigenvalue weighted by Gasteiger charge is 2.06. The first-order valence-electron chi connectivity index (χ1n) is 3.99. The normalized spacial score (nSPS) is 10.4.